The lowest BCUT2D eigenvalue weighted by Crippen LogP contribution is -2.42. The average molecular weight is 265 g/mol. The Morgan fingerprint density at radius 1 is 1.32 bits per heavy atom. The molecule has 2 rings (SSSR count). The van der Waals surface area contributed by atoms with E-state index in [9.17, 15) is 14.3 Å². The first kappa shape index (κ1) is 14.0. The van der Waals surface area contributed by atoms with Crippen molar-refractivity contribution in [2.75, 3.05) is 0 Å². The zero-order valence-corrected chi connectivity index (χ0v) is 11.2. The van der Waals surface area contributed by atoms with Crippen LogP contribution in [0.25, 0.3) is 0 Å². The highest BCUT2D eigenvalue weighted by molar-refractivity contribution is 5.95. The highest BCUT2D eigenvalue weighted by atomic mass is 19.1. The SMILES string of the molecule is Cc1ccc(F)cc1C(=O)NC1CCCCCC1O. The number of aryl methyl sites for hydroxylation is 1. The molecule has 0 aromatic heterocycles. The summed E-state index contributed by atoms with van der Waals surface area (Å²) in [4.78, 5) is 12.2. The number of amides is 1. The summed E-state index contributed by atoms with van der Waals surface area (Å²) in [6.07, 6.45) is 4.08. The molecule has 1 amide bonds. The molecule has 1 fully saturated rings. The Bertz CT molecular complexity index is 461. The minimum atomic E-state index is -0.500. The van der Waals surface area contributed by atoms with Gasteiger partial charge in [-0.2, -0.15) is 0 Å². The van der Waals surface area contributed by atoms with Crippen molar-refractivity contribution in [1.82, 2.24) is 5.32 Å². The molecule has 0 spiro atoms. The van der Waals surface area contributed by atoms with Crippen LogP contribution in [0, 0.1) is 12.7 Å². The molecule has 2 N–H and O–H groups in total. The Morgan fingerprint density at radius 2 is 2.05 bits per heavy atom. The van der Waals surface area contributed by atoms with Gasteiger partial charge in [0.25, 0.3) is 5.91 Å². The predicted molar refractivity (Wildman–Crippen MR) is 71.5 cm³/mol. The van der Waals surface area contributed by atoms with Crippen LogP contribution in [0.1, 0.15) is 48.0 Å². The maximum absolute atomic E-state index is 13.2. The van der Waals surface area contributed by atoms with Crippen molar-refractivity contribution in [2.45, 2.75) is 51.2 Å². The van der Waals surface area contributed by atoms with Crippen LogP contribution < -0.4 is 5.32 Å². The van der Waals surface area contributed by atoms with Crippen molar-refractivity contribution in [3.05, 3.63) is 35.1 Å². The highest BCUT2D eigenvalue weighted by Crippen LogP contribution is 2.19. The number of nitrogens with one attached hydrogen (secondary N) is 1. The summed E-state index contributed by atoms with van der Waals surface area (Å²) in [5, 5.41) is 12.8. The van der Waals surface area contributed by atoms with Gasteiger partial charge < -0.3 is 10.4 Å². The molecule has 0 heterocycles. The van der Waals surface area contributed by atoms with E-state index in [1.54, 1.807) is 13.0 Å². The molecule has 104 valence electrons. The topological polar surface area (TPSA) is 49.3 Å². The summed E-state index contributed by atoms with van der Waals surface area (Å²) in [5.74, 6) is -0.722. The lowest BCUT2D eigenvalue weighted by Gasteiger charge is -2.22. The van der Waals surface area contributed by atoms with E-state index in [1.165, 1.54) is 12.1 Å². The van der Waals surface area contributed by atoms with E-state index in [1.807, 2.05) is 0 Å². The van der Waals surface area contributed by atoms with Crippen molar-refractivity contribution in [3.8, 4) is 0 Å². The van der Waals surface area contributed by atoms with E-state index in [0.29, 0.717) is 12.0 Å². The van der Waals surface area contributed by atoms with Gasteiger partial charge in [-0.3, -0.25) is 4.79 Å². The molecule has 4 heteroatoms. The van der Waals surface area contributed by atoms with E-state index >= 15 is 0 Å². The molecule has 0 saturated heterocycles. The number of carbonyl (C=O) groups is 1. The number of hydrogen-bond donors (Lipinski definition) is 2. The second-order valence-electron chi connectivity index (χ2n) is 5.24. The Labute approximate surface area is 112 Å². The van der Waals surface area contributed by atoms with Gasteiger partial charge in [-0.15, -0.1) is 0 Å². The van der Waals surface area contributed by atoms with Gasteiger partial charge in [-0.05, 0) is 37.5 Å². The van der Waals surface area contributed by atoms with Crippen LogP contribution in [-0.4, -0.2) is 23.2 Å². The first-order valence-corrected chi connectivity index (χ1v) is 6.83. The van der Waals surface area contributed by atoms with E-state index in [2.05, 4.69) is 5.32 Å². The third-order valence-electron chi connectivity index (χ3n) is 3.74. The molecular formula is C15H20FNO2. The minimum Gasteiger partial charge on any atom is -0.391 e. The van der Waals surface area contributed by atoms with E-state index in [-0.39, 0.29) is 11.9 Å². The van der Waals surface area contributed by atoms with Crippen molar-refractivity contribution < 1.29 is 14.3 Å². The summed E-state index contributed by atoms with van der Waals surface area (Å²) in [5.41, 5.74) is 1.08. The normalized spacial score (nSPS) is 23.7. The second-order valence-corrected chi connectivity index (χ2v) is 5.24. The number of hydrogen-bond acceptors (Lipinski definition) is 2. The summed E-state index contributed by atoms with van der Waals surface area (Å²) in [7, 11) is 0. The summed E-state index contributed by atoms with van der Waals surface area (Å²) >= 11 is 0. The van der Waals surface area contributed by atoms with Gasteiger partial charge in [0.05, 0.1) is 12.1 Å². The van der Waals surface area contributed by atoms with Crippen LogP contribution in [0.2, 0.25) is 0 Å². The van der Waals surface area contributed by atoms with Crippen molar-refractivity contribution >= 4 is 5.91 Å². The van der Waals surface area contributed by atoms with Gasteiger partial charge in [0.15, 0.2) is 0 Å². The first-order chi connectivity index (χ1) is 9.08. The smallest absolute Gasteiger partial charge is 0.251 e. The third kappa shape index (κ3) is 3.53. The van der Waals surface area contributed by atoms with Crippen LogP contribution in [-0.2, 0) is 0 Å². The number of aliphatic hydroxyl groups is 1. The average Bonchev–Trinajstić information content (AvgIpc) is 2.58. The summed E-state index contributed by atoms with van der Waals surface area (Å²) < 4.78 is 13.2. The fourth-order valence-corrected chi connectivity index (χ4v) is 2.54. The van der Waals surface area contributed by atoms with Gasteiger partial charge >= 0.3 is 0 Å². The fraction of sp³-hybridized carbons (Fsp3) is 0.533. The summed E-state index contributed by atoms with van der Waals surface area (Å²) in [6, 6.07) is 3.95. The highest BCUT2D eigenvalue weighted by Gasteiger charge is 2.24. The third-order valence-corrected chi connectivity index (χ3v) is 3.74. The number of rotatable bonds is 2. The van der Waals surface area contributed by atoms with Gasteiger partial charge in [0, 0.05) is 5.56 Å². The molecule has 3 nitrogen and oxygen atoms in total. The van der Waals surface area contributed by atoms with Crippen molar-refractivity contribution in [1.29, 1.82) is 0 Å². The lowest BCUT2D eigenvalue weighted by molar-refractivity contribution is 0.0818. The zero-order chi connectivity index (χ0) is 13.8. The number of aliphatic hydroxyl groups excluding tert-OH is 1. The van der Waals surface area contributed by atoms with Gasteiger partial charge in [-0.25, -0.2) is 4.39 Å². The Balaban J connectivity index is 2.09. The van der Waals surface area contributed by atoms with Gasteiger partial charge in [0.1, 0.15) is 5.82 Å². The number of benzene rings is 1. The first-order valence-electron chi connectivity index (χ1n) is 6.83. The zero-order valence-electron chi connectivity index (χ0n) is 11.2. The minimum absolute atomic E-state index is 0.224. The maximum atomic E-state index is 13.2. The molecule has 2 unspecified atom stereocenters. The second kappa shape index (κ2) is 6.15. The lowest BCUT2D eigenvalue weighted by atomic mass is 10.0. The Morgan fingerprint density at radius 3 is 2.84 bits per heavy atom. The molecule has 1 aliphatic rings. The van der Waals surface area contributed by atoms with Gasteiger partial charge in [-0.1, -0.05) is 25.3 Å². The molecule has 2 atom stereocenters. The van der Waals surface area contributed by atoms with Crippen LogP contribution in [0.15, 0.2) is 18.2 Å². The number of carbonyl (C=O) groups excluding carboxylic acids is 1. The van der Waals surface area contributed by atoms with Crippen LogP contribution in [0.5, 0.6) is 0 Å². The molecule has 0 radical (unpaired) electrons. The van der Waals surface area contributed by atoms with Crippen molar-refractivity contribution in [2.24, 2.45) is 0 Å². The summed E-state index contributed by atoms with van der Waals surface area (Å²) in [6.45, 7) is 1.78. The largest absolute Gasteiger partial charge is 0.391 e. The molecule has 1 aromatic rings. The number of halogens is 1. The molecule has 1 saturated carbocycles. The molecule has 19 heavy (non-hydrogen) atoms. The Hall–Kier alpha value is -1.42. The predicted octanol–water partition coefficient (Wildman–Crippen LogP) is 2.56. The maximum Gasteiger partial charge on any atom is 0.251 e. The quantitative estimate of drug-likeness (QED) is 0.807. The standard InChI is InChI=1S/C15H20FNO2/c1-10-7-8-11(16)9-12(10)15(19)17-13-5-3-2-4-6-14(13)18/h7-9,13-14,18H,2-6H2,1H3,(H,17,19). The van der Waals surface area contributed by atoms with Crippen LogP contribution in [0.4, 0.5) is 4.39 Å². The van der Waals surface area contributed by atoms with E-state index < -0.39 is 11.9 Å². The van der Waals surface area contributed by atoms with Crippen molar-refractivity contribution in [3.63, 3.8) is 0 Å². The molecular weight excluding hydrogens is 245 g/mol. The van der Waals surface area contributed by atoms with E-state index in [4.69, 9.17) is 0 Å². The van der Waals surface area contributed by atoms with E-state index in [0.717, 1.165) is 31.2 Å². The monoisotopic (exact) mass is 265 g/mol. The molecule has 0 bridgehead atoms. The van der Waals surface area contributed by atoms with Gasteiger partial charge in [0.2, 0.25) is 0 Å². The van der Waals surface area contributed by atoms with Crippen LogP contribution in [0.3, 0.4) is 0 Å². The Kier molecular flexibility index (Phi) is 4.53. The molecule has 1 aliphatic carbocycles. The molecule has 1 aromatic carbocycles. The molecule has 0 aliphatic heterocycles. The fourth-order valence-electron chi connectivity index (χ4n) is 2.54. The van der Waals surface area contributed by atoms with Crippen LogP contribution >= 0.6 is 0 Å².